The SMILES string of the molecule is Cc1ccccc1C1(c2ccccc2C)N[N+](c2ccccc2C)(c2ccccc2C)C=C1C=O. The molecule has 3 nitrogen and oxygen atoms in total. The van der Waals surface area contributed by atoms with E-state index in [4.69, 9.17) is 0 Å². The van der Waals surface area contributed by atoms with E-state index in [-0.39, 0.29) is 4.59 Å². The van der Waals surface area contributed by atoms with E-state index < -0.39 is 5.54 Å². The van der Waals surface area contributed by atoms with Crippen molar-refractivity contribution in [2.45, 2.75) is 33.2 Å². The van der Waals surface area contributed by atoms with Crippen LogP contribution in [0, 0.1) is 27.7 Å². The largest absolute Gasteiger partial charge is 0.298 e. The molecule has 0 amide bonds. The number of hydrogen-bond acceptors (Lipinski definition) is 2. The molecule has 0 aromatic heterocycles. The third kappa shape index (κ3) is 3.47. The van der Waals surface area contributed by atoms with Crippen LogP contribution in [0.15, 0.2) is 109 Å². The summed E-state index contributed by atoms with van der Waals surface area (Å²) in [5.41, 5.74) is 12.8. The maximum Gasteiger partial charge on any atom is 0.165 e. The van der Waals surface area contributed by atoms with E-state index in [1.165, 1.54) is 0 Å². The standard InChI is InChI=1S/C32H31N2O/c1-23-13-5-9-17-28(23)32(29-18-10-6-14-24(29)2)27(22-35)21-34(33-32,30-19-11-7-15-25(30)3)31-20-12-8-16-26(31)4/h5-22,33H,1-4H3/q+1. The van der Waals surface area contributed by atoms with Gasteiger partial charge in [0, 0.05) is 23.3 Å². The highest BCUT2D eigenvalue weighted by Crippen LogP contribution is 2.50. The molecule has 0 atom stereocenters. The summed E-state index contributed by atoms with van der Waals surface area (Å²) in [4.78, 5) is 13.0. The molecule has 35 heavy (non-hydrogen) atoms. The fraction of sp³-hybridized carbons (Fsp3) is 0.156. The molecule has 1 N–H and O–H groups in total. The Morgan fingerprint density at radius 3 is 1.40 bits per heavy atom. The van der Waals surface area contributed by atoms with Crippen LogP contribution in [0.4, 0.5) is 11.4 Å². The molecule has 0 bridgehead atoms. The first-order chi connectivity index (χ1) is 16.9. The van der Waals surface area contributed by atoms with E-state index in [0.717, 1.165) is 51.0 Å². The van der Waals surface area contributed by atoms with Crippen LogP contribution in [0.2, 0.25) is 0 Å². The normalized spacial score (nSPS) is 16.1. The fourth-order valence-electron chi connectivity index (χ4n) is 5.66. The van der Waals surface area contributed by atoms with E-state index in [9.17, 15) is 4.79 Å². The van der Waals surface area contributed by atoms with Gasteiger partial charge in [0.05, 0.1) is 5.57 Å². The zero-order chi connectivity index (χ0) is 24.6. The third-order valence-electron chi connectivity index (χ3n) is 7.33. The van der Waals surface area contributed by atoms with Crippen LogP contribution in [-0.4, -0.2) is 6.29 Å². The third-order valence-corrected chi connectivity index (χ3v) is 7.33. The molecular weight excluding hydrogens is 428 g/mol. The second kappa shape index (κ2) is 8.77. The molecule has 0 aliphatic carbocycles. The van der Waals surface area contributed by atoms with Crippen molar-refractivity contribution in [1.29, 1.82) is 0 Å². The maximum atomic E-state index is 13.0. The Kier molecular flexibility index (Phi) is 5.76. The van der Waals surface area contributed by atoms with Crippen LogP contribution in [-0.2, 0) is 10.3 Å². The van der Waals surface area contributed by atoms with Gasteiger partial charge in [-0.05, 0) is 49.9 Å². The van der Waals surface area contributed by atoms with Gasteiger partial charge in [-0.15, -0.1) is 5.43 Å². The van der Waals surface area contributed by atoms with Crippen LogP contribution in [0.25, 0.3) is 0 Å². The molecule has 0 saturated heterocycles. The van der Waals surface area contributed by atoms with Crippen molar-refractivity contribution in [3.05, 3.63) is 142 Å². The highest BCUT2D eigenvalue weighted by molar-refractivity contribution is 5.85. The molecule has 1 heterocycles. The predicted molar refractivity (Wildman–Crippen MR) is 144 cm³/mol. The average molecular weight is 460 g/mol. The highest BCUT2D eigenvalue weighted by Gasteiger charge is 2.56. The summed E-state index contributed by atoms with van der Waals surface area (Å²) in [7, 11) is 0. The zero-order valence-corrected chi connectivity index (χ0v) is 20.7. The summed E-state index contributed by atoms with van der Waals surface area (Å²) in [5.74, 6) is 0. The summed E-state index contributed by atoms with van der Waals surface area (Å²) >= 11 is 0. The summed E-state index contributed by atoms with van der Waals surface area (Å²) < 4.78 is 0.246. The Morgan fingerprint density at radius 2 is 1.00 bits per heavy atom. The summed E-state index contributed by atoms with van der Waals surface area (Å²) in [6, 6.07) is 33.6. The quantitative estimate of drug-likeness (QED) is 0.255. The Bertz CT molecular complexity index is 1360. The van der Waals surface area contributed by atoms with Crippen LogP contribution in [0.5, 0.6) is 0 Å². The van der Waals surface area contributed by atoms with Crippen LogP contribution in [0.1, 0.15) is 33.4 Å². The molecule has 3 heteroatoms. The van der Waals surface area contributed by atoms with Gasteiger partial charge in [0.1, 0.15) is 6.20 Å². The molecule has 4 aromatic carbocycles. The number of nitrogens with zero attached hydrogens (tertiary/aromatic N) is 1. The minimum absolute atomic E-state index is 0.246. The lowest BCUT2D eigenvalue weighted by atomic mass is 9.75. The first kappa shape index (κ1) is 23.0. The van der Waals surface area contributed by atoms with Crippen molar-refractivity contribution in [3.63, 3.8) is 0 Å². The number of aryl methyl sites for hydroxylation is 4. The number of nitrogens with one attached hydrogen (secondary N) is 1. The Balaban J connectivity index is 1.92. The van der Waals surface area contributed by atoms with E-state index in [1.807, 2.05) is 0 Å². The maximum absolute atomic E-state index is 13.0. The van der Waals surface area contributed by atoms with Gasteiger partial charge in [-0.3, -0.25) is 4.79 Å². The lowest BCUT2D eigenvalue weighted by Crippen LogP contribution is -2.57. The predicted octanol–water partition coefficient (Wildman–Crippen LogP) is 7.10. The lowest BCUT2D eigenvalue weighted by molar-refractivity contribution is -0.105. The Morgan fingerprint density at radius 1 is 0.600 bits per heavy atom. The van der Waals surface area contributed by atoms with Crippen LogP contribution in [0.3, 0.4) is 0 Å². The minimum atomic E-state index is -0.830. The second-order valence-corrected chi connectivity index (χ2v) is 9.49. The van der Waals surface area contributed by atoms with Crippen molar-refractivity contribution < 1.29 is 4.79 Å². The molecule has 0 radical (unpaired) electrons. The van der Waals surface area contributed by atoms with E-state index >= 15 is 0 Å². The summed E-state index contributed by atoms with van der Waals surface area (Å²) in [6.45, 7) is 8.50. The molecule has 174 valence electrons. The molecule has 0 fully saturated rings. The van der Waals surface area contributed by atoms with Gasteiger partial charge in [-0.1, -0.05) is 84.9 Å². The molecule has 1 aliphatic heterocycles. The van der Waals surface area contributed by atoms with Gasteiger partial charge < -0.3 is 0 Å². The molecule has 0 unspecified atom stereocenters. The van der Waals surface area contributed by atoms with Gasteiger partial charge >= 0.3 is 0 Å². The van der Waals surface area contributed by atoms with Gasteiger partial charge in [-0.2, -0.15) is 4.59 Å². The van der Waals surface area contributed by atoms with E-state index in [1.54, 1.807) is 0 Å². The van der Waals surface area contributed by atoms with Crippen molar-refractivity contribution in [3.8, 4) is 0 Å². The average Bonchev–Trinajstić information content (AvgIpc) is 3.22. The second-order valence-electron chi connectivity index (χ2n) is 9.49. The number of quaternary nitrogens is 1. The van der Waals surface area contributed by atoms with Crippen molar-refractivity contribution in [2.24, 2.45) is 0 Å². The Hall–Kier alpha value is -3.79. The molecule has 0 saturated carbocycles. The number of hydrogen-bond donors (Lipinski definition) is 1. The van der Waals surface area contributed by atoms with E-state index in [0.29, 0.717) is 5.57 Å². The smallest absolute Gasteiger partial charge is 0.165 e. The fourth-order valence-corrected chi connectivity index (χ4v) is 5.66. The zero-order valence-electron chi connectivity index (χ0n) is 20.7. The molecule has 5 rings (SSSR count). The van der Waals surface area contributed by atoms with Crippen molar-refractivity contribution in [2.75, 3.05) is 0 Å². The minimum Gasteiger partial charge on any atom is -0.298 e. The molecule has 0 spiro atoms. The van der Waals surface area contributed by atoms with E-state index in [2.05, 4.69) is 136 Å². The van der Waals surface area contributed by atoms with Crippen molar-refractivity contribution in [1.82, 2.24) is 10.0 Å². The lowest BCUT2D eigenvalue weighted by Gasteiger charge is -2.39. The molecular formula is C32H31N2O+. The number of carbonyl (C=O) groups excluding carboxylic acids is 1. The Labute approximate surface area is 207 Å². The van der Waals surface area contributed by atoms with Crippen LogP contribution >= 0.6 is 0 Å². The van der Waals surface area contributed by atoms with Crippen LogP contribution < -0.4 is 10.0 Å². The van der Waals surface area contributed by atoms with Gasteiger partial charge in [0.25, 0.3) is 0 Å². The van der Waals surface area contributed by atoms with Crippen molar-refractivity contribution >= 4 is 17.7 Å². The first-order valence-corrected chi connectivity index (χ1v) is 12.1. The topological polar surface area (TPSA) is 29.1 Å². The monoisotopic (exact) mass is 459 g/mol. The number of carbonyl (C=O) groups is 1. The van der Waals surface area contributed by atoms with Gasteiger partial charge in [0.15, 0.2) is 23.2 Å². The summed E-state index contributed by atoms with van der Waals surface area (Å²) in [6.07, 6.45) is 3.14. The first-order valence-electron chi connectivity index (χ1n) is 12.1. The van der Waals surface area contributed by atoms with Gasteiger partial charge in [-0.25, -0.2) is 0 Å². The molecule has 4 aromatic rings. The number of aldehydes is 1. The molecule has 1 aliphatic rings. The van der Waals surface area contributed by atoms with Gasteiger partial charge in [0.2, 0.25) is 0 Å². The number of rotatable bonds is 5. The highest BCUT2D eigenvalue weighted by atomic mass is 16.1. The summed E-state index contributed by atoms with van der Waals surface area (Å²) in [5, 5.41) is 0. The number of benzene rings is 4. The number of para-hydroxylation sites is 2.